The molecule has 98 valence electrons. The van der Waals surface area contributed by atoms with Gasteiger partial charge in [-0.2, -0.15) is 0 Å². The molecule has 0 saturated heterocycles. The summed E-state index contributed by atoms with van der Waals surface area (Å²) >= 11 is 0. The third kappa shape index (κ3) is 2.18. The van der Waals surface area contributed by atoms with Gasteiger partial charge < -0.3 is 4.98 Å². The number of nitrogens with one attached hydrogen (secondary N) is 1. The molecule has 0 bridgehead atoms. The molecule has 19 heavy (non-hydrogen) atoms. The normalized spacial score (nSPS) is 14.7. The van der Waals surface area contributed by atoms with Gasteiger partial charge in [-0.25, -0.2) is 9.37 Å². The molecule has 0 unspecified atom stereocenters. The second-order valence-corrected chi connectivity index (χ2v) is 5.18. The van der Waals surface area contributed by atoms with E-state index in [9.17, 15) is 9.18 Å². The quantitative estimate of drug-likeness (QED) is 0.899. The Bertz CT molecular complexity index is 702. The number of H-pyrrole nitrogens is 1. The Balaban J connectivity index is 2.23. The molecular weight excluding hydrogens is 243 g/mol. The molecular formula is C15H15FN2O. The topological polar surface area (TPSA) is 45.8 Å². The summed E-state index contributed by atoms with van der Waals surface area (Å²) < 4.78 is 14.0. The maximum atomic E-state index is 14.0. The Kier molecular flexibility index (Phi) is 2.73. The highest BCUT2D eigenvalue weighted by Crippen LogP contribution is 2.38. The first kappa shape index (κ1) is 12.1. The predicted octanol–water partition coefficient (Wildman–Crippen LogP) is 3.07. The third-order valence-electron chi connectivity index (χ3n) is 3.51. The van der Waals surface area contributed by atoms with Crippen LogP contribution in [0.2, 0.25) is 0 Å². The van der Waals surface area contributed by atoms with E-state index < -0.39 is 0 Å². The molecule has 1 aliphatic carbocycles. The van der Waals surface area contributed by atoms with E-state index in [1.165, 1.54) is 6.07 Å². The van der Waals surface area contributed by atoms with Gasteiger partial charge in [-0.1, -0.05) is 11.6 Å². The second-order valence-electron chi connectivity index (χ2n) is 5.18. The van der Waals surface area contributed by atoms with E-state index in [0.29, 0.717) is 28.6 Å². The SMILES string of the molecule is Cc1ccc(F)c(-c2nc(C3CC3)[nH]c(=O)c2C)c1. The van der Waals surface area contributed by atoms with E-state index in [1.54, 1.807) is 19.1 Å². The van der Waals surface area contributed by atoms with E-state index in [2.05, 4.69) is 9.97 Å². The highest BCUT2D eigenvalue weighted by Gasteiger charge is 2.27. The first-order chi connectivity index (χ1) is 9.06. The van der Waals surface area contributed by atoms with Crippen molar-refractivity contribution in [2.24, 2.45) is 0 Å². The fourth-order valence-corrected chi connectivity index (χ4v) is 2.18. The van der Waals surface area contributed by atoms with Gasteiger partial charge in [-0.15, -0.1) is 0 Å². The van der Waals surface area contributed by atoms with Crippen molar-refractivity contribution in [3.63, 3.8) is 0 Å². The number of aromatic nitrogens is 2. The van der Waals surface area contributed by atoms with Gasteiger partial charge in [0.2, 0.25) is 0 Å². The molecule has 3 rings (SSSR count). The van der Waals surface area contributed by atoms with Crippen molar-refractivity contribution in [2.75, 3.05) is 0 Å². The van der Waals surface area contributed by atoms with E-state index in [1.807, 2.05) is 6.92 Å². The van der Waals surface area contributed by atoms with E-state index in [4.69, 9.17) is 0 Å². The lowest BCUT2D eigenvalue weighted by Crippen LogP contribution is -2.16. The molecule has 0 atom stereocenters. The maximum Gasteiger partial charge on any atom is 0.254 e. The van der Waals surface area contributed by atoms with Crippen molar-refractivity contribution in [1.29, 1.82) is 0 Å². The molecule has 0 aliphatic heterocycles. The van der Waals surface area contributed by atoms with Gasteiger partial charge in [0.15, 0.2) is 0 Å². The van der Waals surface area contributed by atoms with Crippen molar-refractivity contribution in [2.45, 2.75) is 32.6 Å². The number of hydrogen-bond donors (Lipinski definition) is 1. The first-order valence-corrected chi connectivity index (χ1v) is 6.43. The number of aromatic amines is 1. The van der Waals surface area contributed by atoms with E-state index >= 15 is 0 Å². The van der Waals surface area contributed by atoms with E-state index in [-0.39, 0.29) is 11.4 Å². The minimum atomic E-state index is -0.339. The molecule has 1 aliphatic rings. The number of rotatable bonds is 2. The first-order valence-electron chi connectivity index (χ1n) is 6.43. The lowest BCUT2D eigenvalue weighted by molar-refractivity contribution is 0.629. The zero-order valence-electron chi connectivity index (χ0n) is 11.0. The summed E-state index contributed by atoms with van der Waals surface area (Å²) in [6.45, 7) is 3.58. The van der Waals surface area contributed by atoms with Crippen LogP contribution in [0.3, 0.4) is 0 Å². The van der Waals surface area contributed by atoms with Crippen LogP contribution in [0.1, 0.15) is 35.7 Å². The Labute approximate surface area is 110 Å². The fraction of sp³-hybridized carbons (Fsp3) is 0.333. The van der Waals surface area contributed by atoms with Crippen LogP contribution in [0.25, 0.3) is 11.3 Å². The summed E-state index contributed by atoms with van der Waals surface area (Å²) in [5.74, 6) is 0.681. The minimum Gasteiger partial charge on any atom is -0.310 e. The largest absolute Gasteiger partial charge is 0.310 e. The molecule has 0 spiro atoms. The summed E-state index contributed by atoms with van der Waals surface area (Å²) in [6, 6.07) is 4.87. The minimum absolute atomic E-state index is 0.173. The Morgan fingerprint density at radius 2 is 2.05 bits per heavy atom. The maximum absolute atomic E-state index is 14.0. The average Bonchev–Trinajstić information content (AvgIpc) is 3.20. The van der Waals surface area contributed by atoms with E-state index in [0.717, 1.165) is 18.4 Å². The molecule has 0 radical (unpaired) electrons. The number of benzene rings is 1. The molecule has 1 fully saturated rings. The summed E-state index contributed by atoms with van der Waals surface area (Å²) in [6.07, 6.45) is 2.09. The summed E-state index contributed by atoms with van der Waals surface area (Å²) in [5.41, 5.74) is 2.12. The van der Waals surface area contributed by atoms with Crippen LogP contribution in [0.4, 0.5) is 4.39 Å². The van der Waals surface area contributed by atoms with Crippen LogP contribution in [0.15, 0.2) is 23.0 Å². The molecule has 2 aromatic rings. The monoisotopic (exact) mass is 258 g/mol. The molecule has 1 aromatic carbocycles. The van der Waals surface area contributed by atoms with Gasteiger partial charge in [0, 0.05) is 17.0 Å². The lowest BCUT2D eigenvalue weighted by atomic mass is 10.0. The summed E-state index contributed by atoms with van der Waals surface area (Å²) in [7, 11) is 0. The van der Waals surface area contributed by atoms with Crippen molar-refractivity contribution in [1.82, 2.24) is 9.97 Å². The predicted molar refractivity (Wildman–Crippen MR) is 71.7 cm³/mol. The van der Waals surface area contributed by atoms with Crippen LogP contribution in [0, 0.1) is 19.7 Å². The molecule has 1 aromatic heterocycles. The molecule has 4 heteroatoms. The fourth-order valence-electron chi connectivity index (χ4n) is 2.18. The Morgan fingerprint density at radius 1 is 1.32 bits per heavy atom. The van der Waals surface area contributed by atoms with Gasteiger partial charge in [0.25, 0.3) is 5.56 Å². The molecule has 3 nitrogen and oxygen atoms in total. The number of hydrogen-bond acceptors (Lipinski definition) is 2. The van der Waals surface area contributed by atoms with Crippen molar-refractivity contribution < 1.29 is 4.39 Å². The van der Waals surface area contributed by atoms with Gasteiger partial charge in [0.1, 0.15) is 11.6 Å². The van der Waals surface area contributed by atoms with Crippen LogP contribution >= 0.6 is 0 Å². The second kappa shape index (κ2) is 4.30. The van der Waals surface area contributed by atoms with Gasteiger partial charge in [-0.3, -0.25) is 4.79 Å². The zero-order chi connectivity index (χ0) is 13.6. The van der Waals surface area contributed by atoms with Crippen LogP contribution in [0.5, 0.6) is 0 Å². The molecule has 1 N–H and O–H groups in total. The average molecular weight is 258 g/mol. The van der Waals surface area contributed by atoms with Crippen LogP contribution in [-0.4, -0.2) is 9.97 Å². The lowest BCUT2D eigenvalue weighted by Gasteiger charge is -2.09. The number of halogens is 1. The Morgan fingerprint density at radius 3 is 2.74 bits per heavy atom. The summed E-state index contributed by atoms with van der Waals surface area (Å²) in [5, 5.41) is 0. The zero-order valence-corrected chi connectivity index (χ0v) is 11.0. The number of nitrogens with zero attached hydrogens (tertiary/aromatic N) is 1. The standard InChI is InChI=1S/C15H15FN2O/c1-8-3-6-12(16)11(7-8)13-9(2)15(19)18-14(17-13)10-4-5-10/h3,6-7,10H,4-5H2,1-2H3,(H,17,18,19). The van der Waals surface area contributed by atoms with Crippen molar-refractivity contribution in [3.8, 4) is 11.3 Å². The molecule has 1 heterocycles. The van der Waals surface area contributed by atoms with Gasteiger partial charge in [0.05, 0.1) is 5.69 Å². The summed E-state index contributed by atoms with van der Waals surface area (Å²) in [4.78, 5) is 19.2. The van der Waals surface area contributed by atoms with Crippen LogP contribution < -0.4 is 5.56 Å². The van der Waals surface area contributed by atoms with Crippen molar-refractivity contribution >= 4 is 0 Å². The molecule has 0 amide bonds. The Hall–Kier alpha value is -1.97. The van der Waals surface area contributed by atoms with Gasteiger partial charge in [-0.05, 0) is 38.8 Å². The highest BCUT2D eigenvalue weighted by molar-refractivity contribution is 5.64. The van der Waals surface area contributed by atoms with Crippen molar-refractivity contribution in [3.05, 3.63) is 51.3 Å². The number of aryl methyl sites for hydroxylation is 1. The third-order valence-corrected chi connectivity index (χ3v) is 3.51. The molecule has 1 saturated carbocycles. The van der Waals surface area contributed by atoms with Crippen LogP contribution in [-0.2, 0) is 0 Å². The highest BCUT2D eigenvalue weighted by atomic mass is 19.1. The smallest absolute Gasteiger partial charge is 0.254 e. The van der Waals surface area contributed by atoms with Gasteiger partial charge >= 0.3 is 0 Å².